The quantitative estimate of drug-likeness (QED) is 0.599. The van der Waals surface area contributed by atoms with Crippen LogP contribution in [-0.4, -0.2) is 6.17 Å². The van der Waals surface area contributed by atoms with Crippen molar-refractivity contribution >= 4 is 0 Å². The molecule has 3 heteroatoms. The van der Waals surface area contributed by atoms with Crippen LogP contribution in [0, 0.1) is 22.7 Å². The fourth-order valence-electron chi connectivity index (χ4n) is 0.587. The molecule has 54 valence electrons. The van der Waals surface area contributed by atoms with Gasteiger partial charge in [0.15, 0.2) is 0 Å². The van der Waals surface area contributed by atoms with Gasteiger partial charge in [-0.1, -0.05) is 0 Å². The van der Waals surface area contributed by atoms with Gasteiger partial charge in [-0.2, -0.15) is 10.5 Å². The van der Waals surface area contributed by atoms with Gasteiger partial charge in [0.2, 0.25) is 0 Å². The average molecular weight is 140 g/mol. The third-order valence-corrected chi connectivity index (χ3v) is 1.14. The molecule has 0 spiro atoms. The lowest BCUT2D eigenvalue weighted by Crippen LogP contribution is -1.97. The van der Waals surface area contributed by atoms with Crippen LogP contribution < -0.4 is 0 Å². The SMILES string of the molecule is N#CCCC(F)CCC#N. The third-order valence-electron chi connectivity index (χ3n) is 1.14. The normalized spacial score (nSPS) is 8.80. The van der Waals surface area contributed by atoms with E-state index in [2.05, 4.69) is 0 Å². The van der Waals surface area contributed by atoms with E-state index >= 15 is 0 Å². The molecular weight excluding hydrogens is 131 g/mol. The molecule has 0 aliphatic heterocycles. The minimum absolute atomic E-state index is 0.243. The highest BCUT2D eigenvalue weighted by atomic mass is 19.1. The smallest absolute Gasteiger partial charge is 0.102 e. The molecule has 0 rings (SSSR count). The molecule has 0 radical (unpaired) electrons. The Morgan fingerprint density at radius 1 is 1.10 bits per heavy atom. The largest absolute Gasteiger partial charge is 0.247 e. The van der Waals surface area contributed by atoms with Gasteiger partial charge in [-0.15, -0.1) is 0 Å². The van der Waals surface area contributed by atoms with Crippen molar-refractivity contribution in [3.05, 3.63) is 0 Å². The highest BCUT2D eigenvalue weighted by Gasteiger charge is 2.03. The summed E-state index contributed by atoms with van der Waals surface area (Å²) in [6.45, 7) is 0. The maximum atomic E-state index is 12.5. The van der Waals surface area contributed by atoms with Crippen LogP contribution in [0.25, 0.3) is 0 Å². The molecule has 0 heterocycles. The number of hydrogen-bond acceptors (Lipinski definition) is 2. The summed E-state index contributed by atoms with van der Waals surface area (Å²) < 4.78 is 12.5. The molecule has 10 heavy (non-hydrogen) atoms. The van der Waals surface area contributed by atoms with E-state index in [4.69, 9.17) is 10.5 Å². The molecule has 0 amide bonds. The van der Waals surface area contributed by atoms with Gasteiger partial charge in [0.25, 0.3) is 0 Å². The van der Waals surface area contributed by atoms with Gasteiger partial charge in [0.05, 0.1) is 12.1 Å². The van der Waals surface area contributed by atoms with Crippen molar-refractivity contribution in [2.75, 3.05) is 0 Å². The summed E-state index contributed by atoms with van der Waals surface area (Å²) >= 11 is 0. The van der Waals surface area contributed by atoms with Crippen LogP contribution in [0.3, 0.4) is 0 Å². The standard InChI is InChI=1S/C7H9FN2/c8-7(3-1-5-9)4-2-6-10/h7H,1-4H2. The summed E-state index contributed by atoms with van der Waals surface area (Å²) in [7, 11) is 0. The lowest BCUT2D eigenvalue weighted by Gasteiger charge is -1.99. The van der Waals surface area contributed by atoms with E-state index < -0.39 is 6.17 Å². The first-order valence-corrected chi connectivity index (χ1v) is 3.19. The molecule has 0 fully saturated rings. The van der Waals surface area contributed by atoms with E-state index in [0.717, 1.165) is 0 Å². The second-order valence-electron chi connectivity index (χ2n) is 1.99. The van der Waals surface area contributed by atoms with Gasteiger partial charge in [-0.05, 0) is 12.8 Å². The molecule has 0 aliphatic rings. The van der Waals surface area contributed by atoms with Crippen LogP contribution >= 0.6 is 0 Å². The maximum Gasteiger partial charge on any atom is 0.102 e. The Hall–Kier alpha value is -1.09. The van der Waals surface area contributed by atoms with E-state index in [1.165, 1.54) is 0 Å². The fourth-order valence-corrected chi connectivity index (χ4v) is 0.587. The van der Waals surface area contributed by atoms with E-state index in [0.29, 0.717) is 0 Å². The first-order valence-electron chi connectivity index (χ1n) is 3.19. The highest BCUT2D eigenvalue weighted by molar-refractivity contribution is 4.75. The predicted molar refractivity (Wildman–Crippen MR) is 34.6 cm³/mol. The van der Waals surface area contributed by atoms with Crippen LogP contribution in [0.15, 0.2) is 0 Å². The van der Waals surface area contributed by atoms with Crippen molar-refractivity contribution in [2.45, 2.75) is 31.9 Å². The van der Waals surface area contributed by atoms with E-state index in [1.54, 1.807) is 0 Å². The third kappa shape index (κ3) is 5.05. The number of alkyl halides is 1. The van der Waals surface area contributed by atoms with Gasteiger partial charge in [-0.3, -0.25) is 0 Å². The summed E-state index contributed by atoms with van der Waals surface area (Å²) in [5.74, 6) is 0. The van der Waals surface area contributed by atoms with Crippen molar-refractivity contribution in [3.63, 3.8) is 0 Å². The summed E-state index contributed by atoms with van der Waals surface area (Å²) in [6, 6.07) is 3.70. The molecule has 0 aromatic rings. The summed E-state index contributed by atoms with van der Waals surface area (Å²) in [5, 5.41) is 16.1. The zero-order chi connectivity index (χ0) is 7.82. The molecule has 2 nitrogen and oxygen atoms in total. The minimum Gasteiger partial charge on any atom is -0.247 e. The molecule has 0 N–H and O–H groups in total. The van der Waals surface area contributed by atoms with Crippen LogP contribution in [0.4, 0.5) is 4.39 Å². The van der Waals surface area contributed by atoms with Crippen molar-refractivity contribution < 1.29 is 4.39 Å². The molecule has 0 unspecified atom stereocenters. The second-order valence-corrected chi connectivity index (χ2v) is 1.99. The van der Waals surface area contributed by atoms with Crippen LogP contribution in [0.1, 0.15) is 25.7 Å². The molecule has 0 atom stereocenters. The van der Waals surface area contributed by atoms with Gasteiger partial charge >= 0.3 is 0 Å². The fraction of sp³-hybridized carbons (Fsp3) is 0.714. The molecule has 0 bridgehead atoms. The lowest BCUT2D eigenvalue weighted by atomic mass is 10.1. The van der Waals surface area contributed by atoms with Crippen molar-refractivity contribution in [3.8, 4) is 12.1 Å². The molecular formula is C7H9FN2. The number of rotatable bonds is 4. The molecule has 0 aromatic carbocycles. The van der Waals surface area contributed by atoms with Crippen molar-refractivity contribution in [1.82, 2.24) is 0 Å². The van der Waals surface area contributed by atoms with E-state index in [1.807, 2.05) is 12.1 Å². The number of hydrogen-bond donors (Lipinski definition) is 0. The van der Waals surface area contributed by atoms with E-state index in [9.17, 15) is 4.39 Å². The van der Waals surface area contributed by atoms with Gasteiger partial charge in [-0.25, -0.2) is 4.39 Å². The van der Waals surface area contributed by atoms with E-state index in [-0.39, 0.29) is 25.7 Å². The first kappa shape index (κ1) is 8.91. The van der Waals surface area contributed by atoms with Crippen molar-refractivity contribution in [2.24, 2.45) is 0 Å². The van der Waals surface area contributed by atoms with Gasteiger partial charge < -0.3 is 0 Å². The highest BCUT2D eigenvalue weighted by Crippen LogP contribution is 2.07. The van der Waals surface area contributed by atoms with Crippen LogP contribution in [0.2, 0.25) is 0 Å². The Morgan fingerprint density at radius 3 is 1.80 bits per heavy atom. The maximum absolute atomic E-state index is 12.5. The van der Waals surface area contributed by atoms with Gasteiger partial charge in [0.1, 0.15) is 6.17 Å². The average Bonchev–Trinajstić information content (AvgIpc) is 1.97. The summed E-state index contributed by atoms with van der Waals surface area (Å²) in [4.78, 5) is 0. The second kappa shape index (κ2) is 6.04. The van der Waals surface area contributed by atoms with Crippen LogP contribution in [-0.2, 0) is 0 Å². The molecule has 0 saturated carbocycles. The van der Waals surface area contributed by atoms with Gasteiger partial charge in [0, 0.05) is 12.8 Å². The lowest BCUT2D eigenvalue weighted by molar-refractivity contribution is 0.301. The Morgan fingerprint density at radius 2 is 1.50 bits per heavy atom. The topological polar surface area (TPSA) is 47.6 Å². The number of nitriles is 2. The monoisotopic (exact) mass is 140 g/mol. The predicted octanol–water partition coefficient (Wildman–Crippen LogP) is 1.93. The first-order chi connectivity index (χ1) is 4.81. The Balaban J connectivity index is 3.20. The number of halogens is 1. The summed E-state index contributed by atoms with van der Waals surface area (Å²) in [6.07, 6.45) is 0.0366. The van der Waals surface area contributed by atoms with Crippen LogP contribution in [0.5, 0.6) is 0 Å². The molecule has 0 aromatic heterocycles. The number of nitrogens with zero attached hydrogens (tertiary/aromatic N) is 2. The molecule has 0 aliphatic carbocycles. The zero-order valence-corrected chi connectivity index (χ0v) is 5.68. The Bertz CT molecular complexity index is 136. The summed E-state index contributed by atoms with van der Waals surface area (Å²) in [5.41, 5.74) is 0. The Labute approximate surface area is 59.9 Å². The van der Waals surface area contributed by atoms with Crippen molar-refractivity contribution in [1.29, 1.82) is 10.5 Å². The minimum atomic E-state index is -0.973. The zero-order valence-electron chi connectivity index (χ0n) is 5.68. The molecule has 0 saturated heterocycles. The Kier molecular flexibility index (Phi) is 5.38.